The molecule has 22 heavy (non-hydrogen) atoms. The van der Waals surface area contributed by atoms with Crippen molar-refractivity contribution in [3.05, 3.63) is 66.0 Å². The van der Waals surface area contributed by atoms with Crippen molar-refractivity contribution in [3.8, 4) is 0 Å². The summed E-state index contributed by atoms with van der Waals surface area (Å²) in [6.45, 7) is 6.10. The van der Waals surface area contributed by atoms with Gasteiger partial charge in [0.2, 0.25) is 0 Å². The van der Waals surface area contributed by atoms with Gasteiger partial charge in [-0.05, 0) is 38.1 Å². The van der Waals surface area contributed by atoms with Gasteiger partial charge >= 0.3 is 0 Å². The zero-order valence-electron chi connectivity index (χ0n) is 13.3. The molecule has 0 aliphatic heterocycles. The summed E-state index contributed by atoms with van der Waals surface area (Å²) in [6, 6.07) is 12.6. The molecule has 1 aliphatic carbocycles. The molecule has 1 atom stereocenters. The van der Waals surface area contributed by atoms with E-state index >= 15 is 0 Å². The molecule has 0 saturated carbocycles. The fraction of sp³-hybridized carbons (Fsp3) is 0.316. The van der Waals surface area contributed by atoms with E-state index in [4.69, 9.17) is 4.98 Å². The second-order valence-corrected chi connectivity index (χ2v) is 5.62. The molecule has 0 fully saturated rings. The van der Waals surface area contributed by atoms with Gasteiger partial charge in [0.25, 0.3) is 0 Å². The topological polar surface area (TPSA) is 37.0 Å². The second-order valence-electron chi connectivity index (χ2n) is 5.62. The van der Waals surface area contributed by atoms with Crippen LogP contribution in [0.15, 0.2) is 60.3 Å². The fourth-order valence-electron chi connectivity index (χ4n) is 3.02. The van der Waals surface area contributed by atoms with E-state index in [0.717, 1.165) is 30.7 Å². The predicted molar refractivity (Wildman–Crippen MR) is 92.6 cm³/mol. The average molecular weight is 293 g/mol. The number of likely N-dealkylation sites (N-methyl/N-ethyl adjacent to an activating group) is 2. The summed E-state index contributed by atoms with van der Waals surface area (Å²) in [5.74, 6) is 0. The summed E-state index contributed by atoms with van der Waals surface area (Å²) in [6.07, 6.45) is 7.56. The third-order valence-electron chi connectivity index (χ3n) is 4.12. The molecule has 114 valence electrons. The summed E-state index contributed by atoms with van der Waals surface area (Å²) in [5.41, 5.74) is 3.11. The molecule has 1 aliphatic rings. The quantitative estimate of drug-likeness (QED) is 0.886. The highest BCUT2D eigenvalue weighted by Crippen LogP contribution is 2.31. The summed E-state index contributed by atoms with van der Waals surface area (Å²) in [4.78, 5) is 4.90. The van der Waals surface area contributed by atoms with Crippen molar-refractivity contribution in [1.29, 1.82) is 0 Å². The Morgan fingerprint density at radius 1 is 1.09 bits per heavy atom. The van der Waals surface area contributed by atoms with Gasteiger partial charge in [0, 0.05) is 17.6 Å². The Balaban J connectivity index is 1.98. The Bertz CT molecular complexity index is 717. The number of hydrogen-bond donors (Lipinski definition) is 2. The highest BCUT2D eigenvalue weighted by Gasteiger charge is 2.31. The number of para-hydroxylation sites is 1. The van der Waals surface area contributed by atoms with Crippen molar-refractivity contribution in [2.45, 2.75) is 25.8 Å². The molecule has 1 heterocycles. The normalized spacial score (nSPS) is 20.9. The molecule has 0 bridgehead atoms. The van der Waals surface area contributed by atoms with E-state index in [1.54, 1.807) is 0 Å². The Morgan fingerprint density at radius 3 is 2.68 bits per heavy atom. The third kappa shape index (κ3) is 2.77. The highest BCUT2D eigenvalue weighted by atomic mass is 15.0. The van der Waals surface area contributed by atoms with Gasteiger partial charge in [0.15, 0.2) is 0 Å². The monoisotopic (exact) mass is 293 g/mol. The van der Waals surface area contributed by atoms with E-state index in [-0.39, 0.29) is 5.54 Å². The van der Waals surface area contributed by atoms with E-state index in [2.05, 4.69) is 73.0 Å². The molecule has 1 aromatic carbocycles. The molecule has 1 unspecified atom stereocenters. The Kier molecular flexibility index (Phi) is 4.25. The minimum atomic E-state index is -0.211. The molecule has 3 nitrogen and oxygen atoms in total. The molecule has 3 rings (SSSR count). The van der Waals surface area contributed by atoms with Gasteiger partial charge in [-0.2, -0.15) is 0 Å². The maximum Gasteiger partial charge on any atom is 0.0833 e. The van der Waals surface area contributed by atoms with Crippen molar-refractivity contribution >= 4 is 10.9 Å². The Labute approximate surface area is 132 Å². The van der Waals surface area contributed by atoms with Crippen molar-refractivity contribution in [1.82, 2.24) is 15.6 Å². The molecular weight excluding hydrogens is 270 g/mol. The molecule has 0 spiro atoms. The number of nitrogens with zero attached hydrogens (tertiary/aromatic N) is 1. The minimum absolute atomic E-state index is 0.211. The maximum absolute atomic E-state index is 4.90. The first-order valence-corrected chi connectivity index (χ1v) is 8.02. The van der Waals surface area contributed by atoms with Crippen LogP contribution in [0.4, 0.5) is 0 Å². The van der Waals surface area contributed by atoms with Crippen LogP contribution < -0.4 is 10.6 Å². The summed E-state index contributed by atoms with van der Waals surface area (Å²) in [7, 11) is 0. The van der Waals surface area contributed by atoms with Crippen molar-refractivity contribution in [2.75, 3.05) is 13.1 Å². The lowest BCUT2D eigenvalue weighted by Crippen LogP contribution is -2.42. The first-order chi connectivity index (χ1) is 10.8. The van der Waals surface area contributed by atoms with Crippen molar-refractivity contribution in [3.63, 3.8) is 0 Å². The molecule has 3 heteroatoms. The Hall–Kier alpha value is -2.13. The minimum Gasteiger partial charge on any atom is -0.386 e. The number of hydrogen-bond acceptors (Lipinski definition) is 3. The summed E-state index contributed by atoms with van der Waals surface area (Å²) in [5, 5.41) is 8.17. The van der Waals surface area contributed by atoms with Crippen LogP contribution in [0.2, 0.25) is 0 Å². The number of pyridine rings is 1. The largest absolute Gasteiger partial charge is 0.386 e. The van der Waals surface area contributed by atoms with E-state index in [1.165, 1.54) is 11.1 Å². The van der Waals surface area contributed by atoms with Crippen LogP contribution in [-0.2, 0) is 5.54 Å². The van der Waals surface area contributed by atoms with E-state index in [9.17, 15) is 0 Å². The van der Waals surface area contributed by atoms with Gasteiger partial charge in [0.1, 0.15) is 0 Å². The van der Waals surface area contributed by atoms with Crippen molar-refractivity contribution < 1.29 is 0 Å². The molecular formula is C19H23N3. The van der Waals surface area contributed by atoms with E-state index in [0.29, 0.717) is 0 Å². The van der Waals surface area contributed by atoms with Gasteiger partial charge < -0.3 is 10.6 Å². The van der Waals surface area contributed by atoms with Crippen LogP contribution in [0.25, 0.3) is 10.9 Å². The molecule has 0 saturated heterocycles. The molecule has 2 N–H and O–H groups in total. The van der Waals surface area contributed by atoms with E-state index < -0.39 is 0 Å². The molecule has 2 aromatic rings. The van der Waals surface area contributed by atoms with Crippen LogP contribution in [0.1, 0.15) is 26.0 Å². The van der Waals surface area contributed by atoms with Crippen LogP contribution in [0.5, 0.6) is 0 Å². The second kappa shape index (κ2) is 6.32. The molecule has 0 amide bonds. The lowest BCUT2D eigenvalue weighted by molar-refractivity contribution is 0.415. The number of nitrogens with one attached hydrogen (secondary N) is 2. The first kappa shape index (κ1) is 14.8. The van der Waals surface area contributed by atoms with Crippen LogP contribution >= 0.6 is 0 Å². The lowest BCUT2D eigenvalue weighted by atomic mass is 9.86. The highest BCUT2D eigenvalue weighted by molar-refractivity contribution is 5.78. The number of allylic oxidation sites excluding steroid dienone is 1. The standard InChI is InChI=1S/C19H23N3/c1-3-20-16-11-13-19(14-12-16,21-4-2)18-10-9-15-7-5-6-8-17(15)22-18/h5-13,20-21H,3-4,14H2,1-2H3. The molecule has 0 radical (unpaired) electrons. The number of rotatable bonds is 5. The predicted octanol–water partition coefficient (Wildman–Crippen LogP) is 3.49. The number of aromatic nitrogens is 1. The SMILES string of the molecule is CCNC1=CCC(NCC)(c2ccc3ccccc3n2)C=C1. The Morgan fingerprint density at radius 2 is 1.95 bits per heavy atom. The maximum atomic E-state index is 4.90. The number of benzene rings is 1. The fourth-order valence-corrected chi connectivity index (χ4v) is 3.02. The molecule has 1 aromatic heterocycles. The van der Waals surface area contributed by atoms with E-state index in [1.807, 2.05) is 6.07 Å². The lowest BCUT2D eigenvalue weighted by Gasteiger charge is -2.33. The average Bonchev–Trinajstić information content (AvgIpc) is 2.57. The third-order valence-corrected chi connectivity index (χ3v) is 4.12. The van der Waals surface area contributed by atoms with Crippen LogP contribution in [-0.4, -0.2) is 18.1 Å². The van der Waals surface area contributed by atoms with Gasteiger partial charge in [-0.25, -0.2) is 0 Å². The zero-order valence-corrected chi connectivity index (χ0v) is 13.3. The van der Waals surface area contributed by atoms with Gasteiger partial charge in [-0.3, -0.25) is 4.98 Å². The van der Waals surface area contributed by atoms with Crippen LogP contribution in [0.3, 0.4) is 0 Å². The first-order valence-electron chi connectivity index (χ1n) is 8.02. The van der Waals surface area contributed by atoms with Crippen LogP contribution in [0, 0.1) is 0 Å². The number of fused-ring (bicyclic) bond motifs is 1. The zero-order chi connectivity index (χ0) is 15.4. The van der Waals surface area contributed by atoms with Gasteiger partial charge in [-0.15, -0.1) is 0 Å². The smallest absolute Gasteiger partial charge is 0.0833 e. The summed E-state index contributed by atoms with van der Waals surface area (Å²) < 4.78 is 0. The van der Waals surface area contributed by atoms with Crippen molar-refractivity contribution in [2.24, 2.45) is 0 Å². The summed E-state index contributed by atoms with van der Waals surface area (Å²) >= 11 is 0. The van der Waals surface area contributed by atoms with Gasteiger partial charge in [-0.1, -0.05) is 43.3 Å². The van der Waals surface area contributed by atoms with Gasteiger partial charge in [0.05, 0.1) is 16.7 Å².